The molecule has 0 unspecified atom stereocenters. The number of hydrogen-bond donors (Lipinski definition) is 2. The Morgan fingerprint density at radius 2 is 1.81 bits per heavy atom. The third-order valence-electron chi connectivity index (χ3n) is 4.74. The maximum atomic E-state index is 12.5. The van der Waals surface area contributed by atoms with E-state index in [2.05, 4.69) is 30.6 Å². The molecule has 31 heavy (non-hydrogen) atoms. The van der Waals surface area contributed by atoms with Crippen molar-refractivity contribution in [2.24, 2.45) is 0 Å². The summed E-state index contributed by atoms with van der Waals surface area (Å²) < 4.78 is 0. The molecule has 0 radical (unpaired) electrons. The number of carbonyl (C=O) groups is 1. The van der Waals surface area contributed by atoms with E-state index in [1.165, 1.54) is 0 Å². The highest BCUT2D eigenvalue weighted by Gasteiger charge is 2.11. The largest absolute Gasteiger partial charge is 0.362 e. The average Bonchev–Trinajstić information content (AvgIpc) is 2.80. The summed E-state index contributed by atoms with van der Waals surface area (Å²) in [7, 11) is 0. The van der Waals surface area contributed by atoms with Gasteiger partial charge in [-0.2, -0.15) is 0 Å². The van der Waals surface area contributed by atoms with E-state index in [0.717, 1.165) is 22.4 Å². The minimum absolute atomic E-state index is 0.0454. The molecule has 7 nitrogen and oxygen atoms in total. The maximum Gasteiger partial charge on any atom is 0.257 e. The molecule has 1 aromatic carbocycles. The number of amides is 1. The Balaban J connectivity index is 1.47. The van der Waals surface area contributed by atoms with E-state index < -0.39 is 0 Å². The zero-order valence-electron chi connectivity index (χ0n) is 17.3. The Labute approximate surface area is 180 Å². The molecule has 0 aliphatic heterocycles. The number of nitrogens with zero attached hydrogens (tertiary/aromatic N) is 4. The molecule has 4 rings (SSSR count). The summed E-state index contributed by atoms with van der Waals surface area (Å²) in [6.45, 7) is 3.94. The van der Waals surface area contributed by atoms with Crippen molar-refractivity contribution in [3.05, 3.63) is 96.3 Å². The molecule has 0 aliphatic rings. The summed E-state index contributed by atoms with van der Waals surface area (Å²) in [6.07, 6.45) is 10.2. The summed E-state index contributed by atoms with van der Waals surface area (Å²) >= 11 is 0. The molecule has 0 bridgehead atoms. The Bertz CT molecular complexity index is 1200. The van der Waals surface area contributed by atoms with Crippen molar-refractivity contribution >= 4 is 17.4 Å². The monoisotopic (exact) mass is 410 g/mol. The van der Waals surface area contributed by atoms with E-state index in [9.17, 15) is 4.79 Å². The first-order valence-electron chi connectivity index (χ1n) is 9.90. The van der Waals surface area contributed by atoms with Crippen LogP contribution in [0.5, 0.6) is 0 Å². The number of nitrogens with one attached hydrogen (secondary N) is 2. The van der Waals surface area contributed by atoms with Gasteiger partial charge in [0.2, 0.25) is 0 Å². The number of hydrogen-bond acceptors (Lipinski definition) is 6. The van der Waals surface area contributed by atoms with Gasteiger partial charge in [-0.15, -0.1) is 0 Å². The van der Waals surface area contributed by atoms with E-state index in [1.54, 1.807) is 37.2 Å². The SMILES string of the molecule is Cc1cncc(C(=O)Nc2cccc([C@H](C)Nc3cncc(-c4cccnc4)n3)c2)c1. The van der Waals surface area contributed by atoms with Gasteiger partial charge in [-0.1, -0.05) is 12.1 Å². The number of benzene rings is 1. The molecule has 2 N–H and O–H groups in total. The topological polar surface area (TPSA) is 92.7 Å². The molecule has 3 heterocycles. The average molecular weight is 410 g/mol. The van der Waals surface area contributed by atoms with E-state index in [4.69, 9.17) is 0 Å². The van der Waals surface area contributed by atoms with Gasteiger partial charge in [0, 0.05) is 36.0 Å². The van der Waals surface area contributed by atoms with Crippen LogP contribution in [0, 0.1) is 6.92 Å². The molecule has 0 aliphatic carbocycles. The Hall–Kier alpha value is -4.13. The number of anilines is 2. The molecule has 4 aromatic rings. The minimum Gasteiger partial charge on any atom is -0.362 e. The van der Waals surface area contributed by atoms with E-state index in [0.29, 0.717) is 17.1 Å². The third kappa shape index (κ3) is 5.08. The number of aryl methyl sites for hydroxylation is 1. The van der Waals surface area contributed by atoms with Crippen LogP contribution in [0.4, 0.5) is 11.5 Å². The minimum atomic E-state index is -0.191. The molecule has 0 spiro atoms. The van der Waals surface area contributed by atoms with Crippen molar-refractivity contribution in [1.29, 1.82) is 0 Å². The van der Waals surface area contributed by atoms with Crippen LogP contribution in [0.2, 0.25) is 0 Å². The van der Waals surface area contributed by atoms with Gasteiger partial charge in [-0.3, -0.25) is 19.7 Å². The molecule has 0 saturated heterocycles. The van der Waals surface area contributed by atoms with Gasteiger partial charge in [0.25, 0.3) is 5.91 Å². The summed E-state index contributed by atoms with van der Waals surface area (Å²) in [5, 5.41) is 6.30. The lowest BCUT2D eigenvalue weighted by atomic mass is 10.1. The predicted octanol–water partition coefficient (Wildman–Crippen LogP) is 4.67. The number of pyridine rings is 2. The standard InChI is InChI=1S/C24H22N6O/c1-16-9-20(13-26-11-16)24(31)29-21-7-3-5-18(10-21)17(2)28-23-15-27-14-22(30-23)19-6-4-8-25-12-19/h3-15,17H,1-2H3,(H,28,30)(H,29,31)/t17-/m0/s1. The maximum absolute atomic E-state index is 12.5. The molecule has 7 heteroatoms. The lowest BCUT2D eigenvalue weighted by molar-refractivity contribution is 0.102. The van der Waals surface area contributed by atoms with Gasteiger partial charge in [-0.05, 0) is 55.3 Å². The fourth-order valence-corrected chi connectivity index (χ4v) is 3.16. The smallest absolute Gasteiger partial charge is 0.257 e. The lowest BCUT2D eigenvalue weighted by Crippen LogP contribution is -2.13. The van der Waals surface area contributed by atoms with Crippen LogP contribution in [0.15, 0.2) is 79.6 Å². The van der Waals surface area contributed by atoms with Gasteiger partial charge in [0.05, 0.1) is 29.7 Å². The van der Waals surface area contributed by atoms with Crippen molar-refractivity contribution in [2.45, 2.75) is 19.9 Å². The van der Waals surface area contributed by atoms with Gasteiger partial charge in [0.1, 0.15) is 5.82 Å². The molecule has 3 aromatic heterocycles. The highest BCUT2D eigenvalue weighted by molar-refractivity contribution is 6.04. The summed E-state index contributed by atoms with van der Waals surface area (Å²) in [4.78, 5) is 29.7. The highest BCUT2D eigenvalue weighted by atomic mass is 16.1. The second kappa shape index (κ2) is 9.13. The first-order chi connectivity index (χ1) is 15.1. The van der Waals surface area contributed by atoms with Crippen LogP contribution in [-0.2, 0) is 0 Å². The van der Waals surface area contributed by atoms with Gasteiger partial charge < -0.3 is 10.6 Å². The number of rotatable bonds is 6. The molecular formula is C24H22N6O. The van der Waals surface area contributed by atoms with Crippen molar-refractivity contribution < 1.29 is 4.79 Å². The first-order valence-corrected chi connectivity index (χ1v) is 9.90. The second-order valence-electron chi connectivity index (χ2n) is 7.23. The summed E-state index contributed by atoms with van der Waals surface area (Å²) in [5.74, 6) is 0.470. The zero-order valence-corrected chi connectivity index (χ0v) is 17.3. The molecule has 1 atom stereocenters. The quantitative estimate of drug-likeness (QED) is 0.480. The van der Waals surface area contributed by atoms with Crippen LogP contribution < -0.4 is 10.6 Å². The molecule has 0 fully saturated rings. The van der Waals surface area contributed by atoms with Gasteiger partial charge in [-0.25, -0.2) is 4.98 Å². The Kier molecular flexibility index (Phi) is 5.93. The van der Waals surface area contributed by atoms with Gasteiger partial charge >= 0.3 is 0 Å². The highest BCUT2D eigenvalue weighted by Crippen LogP contribution is 2.23. The predicted molar refractivity (Wildman–Crippen MR) is 121 cm³/mol. The van der Waals surface area contributed by atoms with Crippen molar-refractivity contribution in [1.82, 2.24) is 19.9 Å². The fraction of sp³-hybridized carbons (Fsp3) is 0.125. The van der Waals surface area contributed by atoms with Crippen molar-refractivity contribution in [2.75, 3.05) is 10.6 Å². The van der Waals surface area contributed by atoms with Crippen LogP contribution in [0.1, 0.15) is 34.5 Å². The third-order valence-corrected chi connectivity index (χ3v) is 4.74. The van der Waals surface area contributed by atoms with Crippen molar-refractivity contribution in [3.8, 4) is 11.3 Å². The van der Waals surface area contributed by atoms with Crippen LogP contribution in [-0.4, -0.2) is 25.8 Å². The van der Waals surface area contributed by atoms with Crippen LogP contribution >= 0.6 is 0 Å². The molecule has 154 valence electrons. The fourth-order valence-electron chi connectivity index (χ4n) is 3.16. The molecular weight excluding hydrogens is 388 g/mol. The van der Waals surface area contributed by atoms with Crippen LogP contribution in [0.3, 0.4) is 0 Å². The molecule has 0 saturated carbocycles. The van der Waals surface area contributed by atoms with Crippen LogP contribution in [0.25, 0.3) is 11.3 Å². The van der Waals surface area contributed by atoms with E-state index in [1.807, 2.05) is 56.3 Å². The van der Waals surface area contributed by atoms with E-state index >= 15 is 0 Å². The molecule has 1 amide bonds. The Morgan fingerprint density at radius 3 is 2.61 bits per heavy atom. The second-order valence-corrected chi connectivity index (χ2v) is 7.23. The van der Waals surface area contributed by atoms with Gasteiger partial charge in [0.15, 0.2) is 0 Å². The summed E-state index contributed by atoms with van der Waals surface area (Å²) in [6, 6.07) is 13.3. The zero-order chi connectivity index (χ0) is 21.6. The Morgan fingerprint density at radius 1 is 0.935 bits per heavy atom. The van der Waals surface area contributed by atoms with E-state index in [-0.39, 0.29) is 11.9 Å². The number of carbonyl (C=O) groups excluding carboxylic acids is 1. The normalized spacial score (nSPS) is 11.5. The number of aromatic nitrogens is 4. The van der Waals surface area contributed by atoms with Crippen molar-refractivity contribution in [3.63, 3.8) is 0 Å². The lowest BCUT2D eigenvalue weighted by Gasteiger charge is -2.16. The first kappa shape index (κ1) is 20.2. The summed E-state index contributed by atoms with van der Waals surface area (Å²) in [5.41, 5.74) is 4.84.